The number of anilines is 1. The number of aryl methyl sites for hydroxylation is 1. The Morgan fingerprint density at radius 3 is 2.52 bits per heavy atom. The summed E-state index contributed by atoms with van der Waals surface area (Å²) in [6.07, 6.45) is 0. The van der Waals surface area contributed by atoms with Gasteiger partial charge in [0.15, 0.2) is 0 Å². The number of hydrogen-bond donors (Lipinski definition) is 2. The standard InChI is InChI=1S/C15H17BrN2O2S/c1-10-8-13(16)6-7-15(10)18-21(19,20)14-5-3-4-12(9-14)11(2)17/h3-9,11,18H,17H2,1-2H3. The Morgan fingerprint density at radius 2 is 1.90 bits per heavy atom. The number of benzene rings is 2. The van der Waals surface area contributed by atoms with Crippen LogP contribution in [-0.4, -0.2) is 8.42 Å². The molecule has 112 valence electrons. The molecule has 3 N–H and O–H groups in total. The van der Waals surface area contributed by atoms with Gasteiger partial charge in [-0.2, -0.15) is 0 Å². The number of hydrogen-bond acceptors (Lipinski definition) is 3. The molecule has 0 aliphatic rings. The van der Waals surface area contributed by atoms with E-state index in [9.17, 15) is 8.42 Å². The molecule has 6 heteroatoms. The first-order chi connectivity index (χ1) is 9.79. The van der Waals surface area contributed by atoms with Gasteiger partial charge in [-0.15, -0.1) is 0 Å². The van der Waals surface area contributed by atoms with Crippen LogP contribution in [0.25, 0.3) is 0 Å². The molecule has 2 aromatic rings. The summed E-state index contributed by atoms with van der Waals surface area (Å²) in [6.45, 7) is 3.67. The minimum Gasteiger partial charge on any atom is -0.324 e. The lowest BCUT2D eigenvalue weighted by Crippen LogP contribution is -2.15. The van der Waals surface area contributed by atoms with Crippen LogP contribution in [0.3, 0.4) is 0 Å². The summed E-state index contributed by atoms with van der Waals surface area (Å²) in [4.78, 5) is 0.208. The van der Waals surface area contributed by atoms with Crippen molar-refractivity contribution in [2.24, 2.45) is 5.73 Å². The summed E-state index contributed by atoms with van der Waals surface area (Å²) in [6, 6.07) is 11.8. The molecule has 4 nitrogen and oxygen atoms in total. The van der Waals surface area contributed by atoms with Crippen molar-refractivity contribution in [3.63, 3.8) is 0 Å². The third-order valence-electron chi connectivity index (χ3n) is 3.13. The van der Waals surface area contributed by atoms with Gasteiger partial charge in [-0.05, 0) is 55.3 Å². The van der Waals surface area contributed by atoms with E-state index in [0.717, 1.165) is 15.6 Å². The highest BCUT2D eigenvalue weighted by molar-refractivity contribution is 9.10. The minimum absolute atomic E-state index is 0.208. The highest BCUT2D eigenvalue weighted by Gasteiger charge is 2.16. The van der Waals surface area contributed by atoms with E-state index in [0.29, 0.717) is 5.69 Å². The lowest BCUT2D eigenvalue weighted by Gasteiger charge is -2.12. The zero-order chi connectivity index (χ0) is 15.6. The molecule has 21 heavy (non-hydrogen) atoms. The van der Waals surface area contributed by atoms with E-state index in [-0.39, 0.29) is 10.9 Å². The number of sulfonamides is 1. The first-order valence-electron chi connectivity index (χ1n) is 6.44. The maximum atomic E-state index is 12.4. The fourth-order valence-corrected chi connectivity index (χ4v) is 3.57. The molecule has 0 saturated heterocycles. The Hall–Kier alpha value is -1.37. The van der Waals surface area contributed by atoms with E-state index < -0.39 is 10.0 Å². The Kier molecular flexibility index (Phi) is 4.70. The lowest BCUT2D eigenvalue weighted by molar-refractivity contribution is 0.601. The third-order valence-corrected chi connectivity index (χ3v) is 4.98. The van der Waals surface area contributed by atoms with Gasteiger partial charge >= 0.3 is 0 Å². The van der Waals surface area contributed by atoms with Crippen molar-refractivity contribution in [2.45, 2.75) is 24.8 Å². The summed E-state index contributed by atoms with van der Waals surface area (Å²) >= 11 is 3.36. The summed E-state index contributed by atoms with van der Waals surface area (Å²) in [5.41, 5.74) is 7.98. The first-order valence-corrected chi connectivity index (χ1v) is 8.72. The minimum atomic E-state index is -3.63. The average Bonchev–Trinajstić information content (AvgIpc) is 2.42. The van der Waals surface area contributed by atoms with Crippen molar-refractivity contribution < 1.29 is 8.42 Å². The van der Waals surface area contributed by atoms with Crippen LogP contribution >= 0.6 is 15.9 Å². The number of halogens is 1. The third kappa shape index (κ3) is 3.84. The molecule has 0 bridgehead atoms. The molecule has 0 spiro atoms. The molecule has 0 amide bonds. The molecule has 0 radical (unpaired) electrons. The first kappa shape index (κ1) is 16.0. The smallest absolute Gasteiger partial charge is 0.261 e. The van der Waals surface area contributed by atoms with Crippen molar-refractivity contribution in [1.82, 2.24) is 0 Å². The molecule has 0 heterocycles. The van der Waals surface area contributed by atoms with Gasteiger partial charge in [-0.1, -0.05) is 28.1 Å². The van der Waals surface area contributed by atoms with Crippen molar-refractivity contribution in [1.29, 1.82) is 0 Å². The fourth-order valence-electron chi connectivity index (χ4n) is 1.91. The lowest BCUT2D eigenvalue weighted by atomic mass is 10.1. The molecule has 0 aromatic heterocycles. The van der Waals surface area contributed by atoms with E-state index in [1.807, 2.05) is 26.0 Å². The Labute approximate surface area is 133 Å². The molecular weight excluding hydrogens is 352 g/mol. The van der Waals surface area contributed by atoms with Crippen molar-refractivity contribution in [3.8, 4) is 0 Å². The summed E-state index contributed by atoms with van der Waals surface area (Å²) in [7, 11) is -3.63. The molecule has 0 aliphatic carbocycles. The van der Waals surface area contributed by atoms with Crippen LogP contribution < -0.4 is 10.5 Å². The van der Waals surface area contributed by atoms with E-state index in [4.69, 9.17) is 5.73 Å². The highest BCUT2D eigenvalue weighted by atomic mass is 79.9. The molecule has 1 unspecified atom stereocenters. The summed E-state index contributed by atoms with van der Waals surface area (Å²) in [5.74, 6) is 0. The van der Waals surface area contributed by atoms with Crippen molar-refractivity contribution >= 4 is 31.6 Å². The predicted octanol–water partition coefficient (Wildman–Crippen LogP) is 3.58. The van der Waals surface area contributed by atoms with Gasteiger partial charge in [0.25, 0.3) is 10.0 Å². The molecule has 2 aromatic carbocycles. The van der Waals surface area contributed by atoms with Gasteiger partial charge in [0, 0.05) is 10.5 Å². The fraction of sp³-hybridized carbons (Fsp3) is 0.200. The van der Waals surface area contributed by atoms with E-state index >= 15 is 0 Å². The largest absolute Gasteiger partial charge is 0.324 e. The maximum Gasteiger partial charge on any atom is 0.261 e. The number of nitrogens with two attached hydrogens (primary N) is 1. The second kappa shape index (κ2) is 6.17. The van der Waals surface area contributed by atoms with E-state index in [1.54, 1.807) is 30.3 Å². The molecule has 2 rings (SSSR count). The zero-order valence-electron chi connectivity index (χ0n) is 11.8. The monoisotopic (exact) mass is 368 g/mol. The second-order valence-corrected chi connectivity index (χ2v) is 7.52. The Morgan fingerprint density at radius 1 is 1.19 bits per heavy atom. The molecular formula is C15H17BrN2O2S. The van der Waals surface area contributed by atoms with Crippen molar-refractivity contribution in [3.05, 3.63) is 58.1 Å². The van der Waals surface area contributed by atoms with Crippen LogP contribution in [0.2, 0.25) is 0 Å². The summed E-state index contributed by atoms with van der Waals surface area (Å²) in [5, 5.41) is 0. The van der Waals surface area contributed by atoms with E-state index in [1.165, 1.54) is 0 Å². The normalized spacial score (nSPS) is 13.0. The zero-order valence-corrected chi connectivity index (χ0v) is 14.2. The van der Waals surface area contributed by atoms with Crippen LogP contribution in [0.5, 0.6) is 0 Å². The SMILES string of the molecule is Cc1cc(Br)ccc1NS(=O)(=O)c1cccc(C(C)N)c1. The second-order valence-electron chi connectivity index (χ2n) is 4.93. The van der Waals surface area contributed by atoms with Crippen LogP contribution in [-0.2, 0) is 10.0 Å². The van der Waals surface area contributed by atoms with Gasteiger partial charge in [0.1, 0.15) is 0 Å². The highest BCUT2D eigenvalue weighted by Crippen LogP contribution is 2.24. The topological polar surface area (TPSA) is 72.2 Å². The summed E-state index contributed by atoms with van der Waals surface area (Å²) < 4.78 is 28.4. The quantitative estimate of drug-likeness (QED) is 0.865. The van der Waals surface area contributed by atoms with E-state index in [2.05, 4.69) is 20.7 Å². The average molecular weight is 369 g/mol. The Bertz CT molecular complexity index is 758. The predicted molar refractivity (Wildman–Crippen MR) is 88.7 cm³/mol. The van der Waals surface area contributed by atoms with Gasteiger partial charge in [-0.3, -0.25) is 4.72 Å². The molecule has 1 atom stereocenters. The van der Waals surface area contributed by atoms with Gasteiger partial charge in [-0.25, -0.2) is 8.42 Å². The Balaban J connectivity index is 2.36. The van der Waals surface area contributed by atoms with Crippen LogP contribution in [0.4, 0.5) is 5.69 Å². The van der Waals surface area contributed by atoms with Crippen molar-refractivity contribution in [2.75, 3.05) is 4.72 Å². The number of nitrogens with one attached hydrogen (secondary N) is 1. The molecule has 0 fully saturated rings. The molecule has 0 aliphatic heterocycles. The van der Waals surface area contributed by atoms with Crippen LogP contribution in [0.1, 0.15) is 24.1 Å². The van der Waals surface area contributed by atoms with Gasteiger partial charge in [0.05, 0.1) is 10.6 Å². The van der Waals surface area contributed by atoms with Gasteiger partial charge < -0.3 is 5.73 Å². The van der Waals surface area contributed by atoms with Gasteiger partial charge in [0.2, 0.25) is 0 Å². The molecule has 0 saturated carbocycles. The maximum absolute atomic E-state index is 12.4. The van der Waals surface area contributed by atoms with Crippen LogP contribution in [0.15, 0.2) is 51.8 Å². The van der Waals surface area contributed by atoms with Crippen LogP contribution in [0, 0.1) is 6.92 Å². The number of rotatable bonds is 4.